The van der Waals surface area contributed by atoms with Crippen molar-refractivity contribution in [2.45, 2.75) is 31.6 Å². The molecule has 1 atom stereocenters. The van der Waals surface area contributed by atoms with Gasteiger partial charge in [0.25, 0.3) is 0 Å². The normalized spacial score (nSPS) is 15.8. The standard InChI is InChI=1S/C28H34N4O4S/c1-28(2,3)32-27-24(25(30-32)19-11-7-6-8-12-19)26(20-13-9-10-14-21(20)36-5)37-18-23(34)31(27)17-22(33)29-15-16-35-4/h6-14,26H,15-18H2,1-5H3,(H,29,33). The van der Waals surface area contributed by atoms with Gasteiger partial charge in [0.2, 0.25) is 11.8 Å². The van der Waals surface area contributed by atoms with Crippen LogP contribution in [0.5, 0.6) is 5.75 Å². The summed E-state index contributed by atoms with van der Waals surface area (Å²) < 4.78 is 12.7. The molecule has 0 fully saturated rings. The van der Waals surface area contributed by atoms with Crippen molar-refractivity contribution in [3.63, 3.8) is 0 Å². The number of rotatable bonds is 8. The Bertz CT molecular complexity index is 1250. The van der Waals surface area contributed by atoms with E-state index in [1.807, 2.05) is 80.1 Å². The first-order valence-electron chi connectivity index (χ1n) is 12.3. The van der Waals surface area contributed by atoms with Crippen LogP contribution >= 0.6 is 11.8 Å². The number of nitrogens with zero attached hydrogens (tertiary/aromatic N) is 3. The number of para-hydroxylation sites is 1. The van der Waals surface area contributed by atoms with Crippen LogP contribution in [0.25, 0.3) is 11.3 Å². The highest BCUT2D eigenvalue weighted by atomic mass is 32.2. The predicted molar refractivity (Wildman–Crippen MR) is 147 cm³/mol. The van der Waals surface area contributed by atoms with Crippen molar-refractivity contribution in [2.75, 3.05) is 44.6 Å². The maximum absolute atomic E-state index is 13.6. The summed E-state index contributed by atoms with van der Waals surface area (Å²) in [4.78, 5) is 28.1. The molecule has 1 N–H and O–H groups in total. The van der Waals surface area contributed by atoms with Gasteiger partial charge in [-0.2, -0.15) is 5.10 Å². The highest BCUT2D eigenvalue weighted by molar-refractivity contribution is 8.00. The minimum absolute atomic E-state index is 0.106. The molecule has 196 valence electrons. The van der Waals surface area contributed by atoms with Crippen LogP contribution < -0.4 is 15.0 Å². The molecule has 0 radical (unpaired) electrons. The number of hydrogen-bond acceptors (Lipinski definition) is 6. The van der Waals surface area contributed by atoms with Crippen LogP contribution in [0, 0.1) is 0 Å². The van der Waals surface area contributed by atoms with E-state index in [0.717, 1.165) is 28.1 Å². The summed E-state index contributed by atoms with van der Waals surface area (Å²) in [6.45, 7) is 6.81. The number of methoxy groups -OCH3 is 2. The number of hydrogen-bond donors (Lipinski definition) is 1. The maximum Gasteiger partial charge on any atom is 0.240 e. The Morgan fingerprint density at radius 3 is 2.49 bits per heavy atom. The highest BCUT2D eigenvalue weighted by Crippen LogP contribution is 2.50. The van der Waals surface area contributed by atoms with Gasteiger partial charge in [-0.05, 0) is 26.8 Å². The molecule has 1 aromatic heterocycles. The molecule has 3 aromatic rings. The van der Waals surface area contributed by atoms with Gasteiger partial charge in [0.05, 0.1) is 36.0 Å². The topological polar surface area (TPSA) is 85.7 Å². The minimum Gasteiger partial charge on any atom is -0.496 e. The van der Waals surface area contributed by atoms with E-state index in [0.29, 0.717) is 19.0 Å². The fourth-order valence-electron chi connectivity index (χ4n) is 4.42. The molecule has 1 unspecified atom stereocenters. The molecule has 2 amide bonds. The van der Waals surface area contributed by atoms with Crippen LogP contribution in [0.1, 0.15) is 37.1 Å². The van der Waals surface area contributed by atoms with Gasteiger partial charge in [0, 0.05) is 30.3 Å². The summed E-state index contributed by atoms with van der Waals surface area (Å²) in [5, 5.41) is 7.70. The zero-order valence-corrected chi connectivity index (χ0v) is 22.8. The van der Waals surface area contributed by atoms with Crippen molar-refractivity contribution in [3.05, 3.63) is 65.7 Å². The molecule has 8 nitrogen and oxygen atoms in total. The summed E-state index contributed by atoms with van der Waals surface area (Å²) in [6, 6.07) is 17.8. The summed E-state index contributed by atoms with van der Waals surface area (Å²) in [5.41, 5.74) is 3.13. The van der Waals surface area contributed by atoms with E-state index >= 15 is 0 Å². The minimum atomic E-state index is -0.456. The third-order valence-electron chi connectivity index (χ3n) is 6.12. The first-order valence-corrected chi connectivity index (χ1v) is 13.3. The lowest BCUT2D eigenvalue weighted by Gasteiger charge is -2.29. The van der Waals surface area contributed by atoms with Gasteiger partial charge < -0.3 is 14.8 Å². The van der Waals surface area contributed by atoms with Gasteiger partial charge in [-0.25, -0.2) is 4.68 Å². The number of carbonyl (C=O) groups is 2. The molecule has 2 heterocycles. The van der Waals surface area contributed by atoms with E-state index in [1.165, 1.54) is 11.8 Å². The van der Waals surface area contributed by atoms with Crippen LogP contribution in [-0.2, 0) is 19.9 Å². The van der Waals surface area contributed by atoms with E-state index in [1.54, 1.807) is 19.1 Å². The maximum atomic E-state index is 13.6. The second kappa shape index (κ2) is 11.4. The molecule has 0 bridgehead atoms. The Kier molecular flexibility index (Phi) is 8.24. The lowest BCUT2D eigenvalue weighted by Crippen LogP contribution is -2.44. The van der Waals surface area contributed by atoms with E-state index in [-0.39, 0.29) is 29.4 Å². The lowest BCUT2D eigenvalue weighted by atomic mass is 9.98. The van der Waals surface area contributed by atoms with Gasteiger partial charge in [-0.1, -0.05) is 48.5 Å². The summed E-state index contributed by atoms with van der Waals surface area (Å²) in [5.74, 6) is 1.20. The Hall–Kier alpha value is -3.30. The van der Waals surface area contributed by atoms with Crippen LogP contribution in [0.15, 0.2) is 54.6 Å². The van der Waals surface area contributed by atoms with Gasteiger partial charge in [-0.3, -0.25) is 14.5 Å². The number of nitrogens with one attached hydrogen (secondary N) is 1. The quantitative estimate of drug-likeness (QED) is 0.446. The smallest absolute Gasteiger partial charge is 0.240 e. The van der Waals surface area contributed by atoms with Gasteiger partial charge >= 0.3 is 0 Å². The van der Waals surface area contributed by atoms with Crippen molar-refractivity contribution in [2.24, 2.45) is 0 Å². The molecule has 0 aliphatic carbocycles. The van der Waals surface area contributed by atoms with Crippen molar-refractivity contribution >= 4 is 29.4 Å². The van der Waals surface area contributed by atoms with E-state index < -0.39 is 5.54 Å². The Labute approximate surface area is 222 Å². The van der Waals surface area contributed by atoms with Gasteiger partial charge in [0.15, 0.2) is 0 Å². The number of benzene rings is 2. The molecule has 0 saturated carbocycles. The number of thioether (sulfide) groups is 1. The van der Waals surface area contributed by atoms with Crippen molar-refractivity contribution in [1.29, 1.82) is 0 Å². The zero-order valence-electron chi connectivity index (χ0n) is 22.0. The second-order valence-electron chi connectivity index (χ2n) is 9.79. The average molecular weight is 523 g/mol. The van der Waals surface area contributed by atoms with Crippen molar-refractivity contribution in [1.82, 2.24) is 15.1 Å². The molecule has 1 aliphatic heterocycles. The van der Waals surface area contributed by atoms with E-state index in [2.05, 4.69) is 5.32 Å². The van der Waals surface area contributed by atoms with Gasteiger partial charge in [-0.15, -0.1) is 11.8 Å². The molecular formula is C28H34N4O4S. The Balaban J connectivity index is 1.96. The Morgan fingerprint density at radius 1 is 1.11 bits per heavy atom. The molecular weight excluding hydrogens is 488 g/mol. The summed E-state index contributed by atoms with van der Waals surface area (Å²) in [7, 11) is 3.23. The lowest BCUT2D eigenvalue weighted by molar-refractivity contribution is -0.123. The molecule has 4 rings (SSSR count). The molecule has 2 aromatic carbocycles. The Morgan fingerprint density at radius 2 is 1.81 bits per heavy atom. The number of aromatic nitrogens is 2. The SMILES string of the molecule is COCCNC(=O)CN1C(=O)CSC(c2ccccc2OC)c2c(-c3ccccc3)nn(C(C)(C)C)c21. The average Bonchev–Trinajstić information content (AvgIpc) is 3.23. The number of fused-ring (bicyclic) bond motifs is 1. The van der Waals surface area contributed by atoms with Crippen molar-refractivity contribution in [3.8, 4) is 17.0 Å². The number of amides is 2. The number of carbonyl (C=O) groups excluding carboxylic acids is 2. The summed E-state index contributed by atoms with van der Waals surface area (Å²) >= 11 is 1.53. The first-order chi connectivity index (χ1) is 17.8. The number of ether oxygens (including phenoxy) is 2. The molecule has 37 heavy (non-hydrogen) atoms. The highest BCUT2D eigenvalue weighted by Gasteiger charge is 2.40. The third-order valence-corrected chi connectivity index (χ3v) is 7.36. The zero-order chi connectivity index (χ0) is 26.6. The number of anilines is 1. The second-order valence-corrected chi connectivity index (χ2v) is 10.9. The van der Waals surface area contributed by atoms with Crippen LogP contribution in [-0.4, -0.2) is 61.3 Å². The van der Waals surface area contributed by atoms with Crippen molar-refractivity contribution < 1.29 is 19.1 Å². The van der Waals surface area contributed by atoms with E-state index in [9.17, 15) is 9.59 Å². The molecule has 9 heteroatoms. The van der Waals surface area contributed by atoms with E-state index in [4.69, 9.17) is 14.6 Å². The molecule has 0 spiro atoms. The van der Waals surface area contributed by atoms with Crippen LogP contribution in [0.3, 0.4) is 0 Å². The predicted octanol–water partition coefficient (Wildman–Crippen LogP) is 4.25. The largest absolute Gasteiger partial charge is 0.496 e. The van der Waals surface area contributed by atoms with Crippen LogP contribution in [0.2, 0.25) is 0 Å². The van der Waals surface area contributed by atoms with Crippen LogP contribution in [0.4, 0.5) is 5.82 Å². The molecule has 0 saturated heterocycles. The summed E-state index contributed by atoms with van der Waals surface area (Å²) in [6.07, 6.45) is 0. The third kappa shape index (κ3) is 5.67. The van der Waals surface area contributed by atoms with Gasteiger partial charge in [0.1, 0.15) is 18.1 Å². The fraction of sp³-hybridized carbons (Fsp3) is 0.393. The fourth-order valence-corrected chi connectivity index (χ4v) is 5.64. The molecule has 1 aliphatic rings. The monoisotopic (exact) mass is 522 g/mol. The first kappa shape index (κ1) is 26.8.